The number of carboxylic acids is 1. The third-order valence-corrected chi connectivity index (χ3v) is 4.22. The van der Waals surface area contributed by atoms with Crippen LogP contribution in [0, 0.1) is 0 Å². The Kier molecular flexibility index (Phi) is 6.78. The van der Waals surface area contributed by atoms with E-state index in [9.17, 15) is 9.59 Å². The second-order valence-corrected chi connectivity index (χ2v) is 6.04. The van der Waals surface area contributed by atoms with Gasteiger partial charge in [0, 0.05) is 5.69 Å². The minimum Gasteiger partial charge on any atom is -0.480 e. The summed E-state index contributed by atoms with van der Waals surface area (Å²) in [7, 11) is 0. The first kappa shape index (κ1) is 19.5. The Hall–Kier alpha value is -2.82. The van der Waals surface area contributed by atoms with Gasteiger partial charge in [-0.1, -0.05) is 39.0 Å². The van der Waals surface area contributed by atoms with Gasteiger partial charge in [-0.05, 0) is 54.7 Å². The monoisotopic (exact) mass is 355 g/mol. The SMILES string of the molecule is CCc1ccc(OC(CC)C(=O)Nc2cccc(C(=O)O)c2)c(CC)c1. The maximum atomic E-state index is 12.6. The number of benzene rings is 2. The molecule has 138 valence electrons. The van der Waals surface area contributed by atoms with Gasteiger partial charge < -0.3 is 15.2 Å². The van der Waals surface area contributed by atoms with Crippen LogP contribution in [-0.2, 0) is 17.6 Å². The summed E-state index contributed by atoms with van der Waals surface area (Å²) in [6.45, 7) is 6.03. The molecular weight excluding hydrogens is 330 g/mol. The van der Waals surface area contributed by atoms with Gasteiger partial charge in [-0.2, -0.15) is 0 Å². The lowest BCUT2D eigenvalue weighted by atomic mass is 10.1. The lowest BCUT2D eigenvalue weighted by molar-refractivity contribution is -0.122. The van der Waals surface area contributed by atoms with E-state index in [4.69, 9.17) is 9.84 Å². The number of rotatable bonds is 8. The lowest BCUT2D eigenvalue weighted by Gasteiger charge is -2.20. The van der Waals surface area contributed by atoms with Crippen molar-refractivity contribution in [2.45, 2.75) is 46.1 Å². The number of ether oxygens (including phenoxy) is 1. The van der Waals surface area contributed by atoms with E-state index in [1.807, 2.05) is 19.1 Å². The first-order valence-corrected chi connectivity index (χ1v) is 8.91. The van der Waals surface area contributed by atoms with Crippen LogP contribution in [0.25, 0.3) is 0 Å². The van der Waals surface area contributed by atoms with Gasteiger partial charge in [-0.3, -0.25) is 4.79 Å². The average molecular weight is 355 g/mol. The zero-order chi connectivity index (χ0) is 19.1. The van der Waals surface area contributed by atoms with Crippen LogP contribution in [0.4, 0.5) is 5.69 Å². The number of aromatic carboxylic acids is 1. The van der Waals surface area contributed by atoms with Gasteiger partial charge in [0.15, 0.2) is 6.10 Å². The number of amides is 1. The molecule has 0 saturated heterocycles. The van der Waals surface area contributed by atoms with Crippen molar-refractivity contribution in [1.29, 1.82) is 0 Å². The van der Waals surface area contributed by atoms with Gasteiger partial charge in [0.05, 0.1) is 5.56 Å². The largest absolute Gasteiger partial charge is 0.480 e. The van der Waals surface area contributed by atoms with E-state index in [-0.39, 0.29) is 11.5 Å². The predicted molar refractivity (Wildman–Crippen MR) is 102 cm³/mol. The van der Waals surface area contributed by atoms with Crippen molar-refractivity contribution in [1.82, 2.24) is 0 Å². The van der Waals surface area contributed by atoms with Gasteiger partial charge in [0.1, 0.15) is 5.75 Å². The molecule has 1 atom stereocenters. The van der Waals surface area contributed by atoms with Crippen LogP contribution in [0.1, 0.15) is 48.7 Å². The molecule has 0 spiro atoms. The molecule has 0 aliphatic heterocycles. The molecule has 5 heteroatoms. The summed E-state index contributed by atoms with van der Waals surface area (Å²) in [5, 5.41) is 11.8. The Morgan fingerprint density at radius 3 is 2.46 bits per heavy atom. The Bertz CT molecular complexity index is 785. The molecule has 5 nitrogen and oxygen atoms in total. The Morgan fingerprint density at radius 2 is 1.85 bits per heavy atom. The van der Waals surface area contributed by atoms with Crippen LogP contribution in [0.5, 0.6) is 5.75 Å². The highest BCUT2D eigenvalue weighted by atomic mass is 16.5. The zero-order valence-corrected chi connectivity index (χ0v) is 15.4. The van der Waals surface area contributed by atoms with Gasteiger partial charge in [-0.25, -0.2) is 4.79 Å². The first-order chi connectivity index (χ1) is 12.5. The van der Waals surface area contributed by atoms with E-state index in [0.29, 0.717) is 17.9 Å². The van der Waals surface area contributed by atoms with Gasteiger partial charge in [0.25, 0.3) is 5.91 Å². The van der Waals surface area contributed by atoms with Crippen LogP contribution in [0.15, 0.2) is 42.5 Å². The highest BCUT2D eigenvalue weighted by molar-refractivity contribution is 5.96. The summed E-state index contributed by atoms with van der Waals surface area (Å²) in [5.74, 6) is -0.615. The topological polar surface area (TPSA) is 75.6 Å². The Balaban J connectivity index is 2.14. The average Bonchev–Trinajstić information content (AvgIpc) is 2.66. The van der Waals surface area contributed by atoms with Crippen molar-refractivity contribution in [2.24, 2.45) is 0 Å². The molecule has 0 fully saturated rings. The predicted octanol–water partition coefficient (Wildman–Crippen LogP) is 4.31. The van der Waals surface area contributed by atoms with Crippen molar-refractivity contribution >= 4 is 17.6 Å². The zero-order valence-electron chi connectivity index (χ0n) is 15.4. The van der Waals surface area contributed by atoms with Crippen LogP contribution in [0.2, 0.25) is 0 Å². The fourth-order valence-electron chi connectivity index (χ4n) is 2.67. The number of nitrogens with one attached hydrogen (secondary N) is 1. The van der Waals surface area contributed by atoms with E-state index in [0.717, 1.165) is 18.4 Å². The molecule has 2 aromatic rings. The van der Waals surface area contributed by atoms with Gasteiger partial charge in [0.2, 0.25) is 0 Å². The molecule has 0 aromatic heterocycles. The van der Waals surface area contributed by atoms with Crippen LogP contribution < -0.4 is 10.1 Å². The van der Waals surface area contributed by atoms with Crippen LogP contribution in [-0.4, -0.2) is 23.1 Å². The highest BCUT2D eigenvalue weighted by Crippen LogP contribution is 2.23. The maximum absolute atomic E-state index is 12.6. The fourth-order valence-corrected chi connectivity index (χ4v) is 2.67. The number of hydrogen-bond donors (Lipinski definition) is 2. The summed E-state index contributed by atoms with van der Waals surface area (Å²) in [4.78, 5) is 23.6. The summed E-state index contributed by atoms with van der Waals surface area (Å²) in [5.41, 5.74) is 2.87. The third-order valence-electron chi connectivity index (χ3n) is 4.22. The minimum absolute atomic E-state index is 0.125. The molecule has 0 heterocycles. The van der Waals surface area contributed by atoms with E-state index in [1.54, 1.807) is 12.1 Å². The normalized spacial score (nSPS) is 11.7. The second-order valence-electron chi connectivity index (χ2n) is 6.04. The maximum Gasteiger partial charge on any atom is 0.335 e. The Labute approximate surface area is 154 Å². The van der Waals surface area contributed by atoms with E-state index >= 15 is 0 Å². The number of carbonyl (C=O) groups excluding carboxylic acids is 1. The summed E-state index contributed by atoms with van der Waals surface area (Å²) >= 11 is 0. The number of carboxylic acid groups (broad SMARTS) is 1. The van der Waals surface area contributed by atoms with Crippen molar-refractivity contribution in [3.8, 4) is 5.75 Å². The van der Waals surface area contributed by atoms with Crippen LogP contribution in [0.3, 0.4) is 0 Å². The van der Waals surface area contributed by atoms with E-state index in [2.05, 4.69) is 25.2 Å². The minimum atomic E-state index is -1.03. The Morgan fingerprint density at radius 1 is 1.08 bits per heavy atom. The van der Waals surface area contributed by atoms with Crippen molar-refractivity contribution in [3.63, 3.8) is 0 Å². The number of carbonyl (C=O) groups is 2. The molecule has 0 saturated carbocycles. The molecule has 0 bridgehead atoms. The fraction of sp³-hybridized carbons (Fsp3) is 0.333. The summed E-state index contributed by atoms with van der Waals surface area (Å²) in [6, 6.07) is 12.2. The summed E-state index contributed by atoms with van der Waals surface area (Å²) < 4.78 is 5.97. The number of hydrogen-bond acceptors (Lipinski definition) is 3. The van der Waals surface area contributed by atoms with Gasteiger partial charge >= 0.3 is 5.97 Å². The van der Waals surface area contributed by atoms with Crippen molar-refractivity contribution < 1.29 is 19.4 Å². The smallest absolute Gasteiger partial charge is 0.335 e. The summed E-state index contributed by atoms with van der Waals surface area (Å²) in [6.07, 6.45) is 1.62. The second kappa shape index (κ2) is 9.04. The lowest BCUT2D eigenvalue weighted by Crippen LogP contribution is -2.32. The molecule has 2 aromatic carbocycles. The molecule has 1 amide bonds. The number of aryl methyl sites for hydroxylation is 2. The molecule has 2 N–H and O–H groups in total. The molecule has 0 aliphatic carbocycles. The highest BCUT2D eigenvalue weighted by Gasteiger charge is 2.20. The quantitative estimate of drug-likeness (QED) is 0.740. The van der Waals surface area contributed by atoms with Crippen molar-refractivity contribution in [3.05, 3.63) is 59.2 Å². The van der Waals surface area contributed by atoms with E-state index in [1.165, 1.54) is 17.7 Å². The standard InChI is InChI=1S/C21H25NO4/c1-4-14-10-11-19(15(5-2)12-14)26-18(6-3)20(23)22-17-9-7-8-16(13-17)21(24)25/h7-13,18H,4-6H2,1-3H3,(H,22,23)(H,24,25). The van der Waals surface area contributed by atoms with Gasteiger partial charge in [-0.15, -0.1) is 0 Å². The van der Waals surface area contributed by atoms with Crippen LogP contribution >= 0.6 is 0 Å². The van der Waals surface area contributed by atoms with Crippen molar-refractivity contribution in [2.75, 3.05) is 5.32 Å². The molecule has 0 aliphatic rings. The molecular formula is C21H25NO4. The number of anilines is 1. The third kappa shape index (κ3) is 4.85. The molecule has 0 radical (unpaired) electrons. The molecule has 26 heavy (non-hydrogen) atoms. The van der Waals surface area contributed by atoms with E-state index < -0.39 is 12.1 Å². The first-order valence-electron chi connectivity index (χ1n) is 8.91. The molecule has 1 unspecified atom stereocenters. The molecule has 2 rings (SSSR count).